The molecule has 0 unspecified atom stereocenters. The molecule has 2 aromatic carbocycles. The normalized spacial score (nSPS) is 15.4. The highest BCUT2D eigenvalue weighted by Gasteiger charge is 2.28. The minimum atomic E-state index is -3.82. The van der Waals surface area contributed by atoms with E-state index in [9.17, 15) is 18.0 Å². The molecule has 1 heterocycles. The van der Waals surface area contributed by atoms with E-state index in [1.54, 1.807) is 24.3 Å². The van der Waals surface area contributed by atoms with Gasteiger partial charge in [0.1, 0.15) is 4.90 Å². The number of hydrogen-bond acceptors (Lipinski definition) is 5. The smallest absolute Gasteiger partial charge is 0.338 e. The van der Waals surface area contributed by atoms with Gasteiger partial charge < -0.3 is 4.74 Å². The maximum atomic E-state index is 13.0. The Bertz CT molecular complexity index is 1030. The molecule has 0 radical (unpaired) electrons. The van der Waals surface area contributed by atoms with Gasteiger partial charge in [-0.05, 0) is 38.0 Å². The molecule has 0 saturated carbocycles. The van der Waals surface area contributed by atoms with E-state index < -0.39 is 22.6 Å². The Hall–Kier alpha value is -2.22. The first kappa shape index (κ1) is 22.5. The lowest BCUT2D eigenvalue weighted by atomic mass is 10.1. The second kappa shape index (κ2) is 9.73. The Morgan fingerprint density at radius 2 is 1.57 bits per heavy atom. The molecule has 0 bridgehead atoms. The van der Waals surface area contributed by atoms with E-state index in [0.717, 1.165) is 31.2 Å². The fourth-order valence-electron chi connectivity index (χ4n) is 3.29. The molecule has 160 valence electrons. The number of carbonyl (C=O) groups excluding carboxylic acids is 2. The number of benzene rings is 2. The van der Waals surface area contributed by atoms with E-state index >= 15 is 0 Å². The topological polar surface area (TPSA) is 80.8 Å². The van der Waals surface area contributed by atoms with Gasteiger partial charge in [-0.3, -0.25) is 4.79 Å². The zero-order chi connectivity index (χ0) is 21.7. The van der Waals surface area contributed by atoms with Crippen LogP contribution in [0.3, 0.4) is 0 Å². The van der Waals surface area contributed by atoms with Crippen LogP contribution in [0.4, 0.5) is 0 Å². The van der Waals surface area contributed by atoms with Crippen LogP contribution in [0, 0.1) is 6.92 Å². The second-order valence-electron chi connectivity index (χ2n) is 7.33. The van der Waals surface area contributed by atoms with E-state index in [0.29, 0.717) is 18.7 Å². The molecule has 0 amide bonds. The van der Waals surface area contributed by atoms with Crippen LogP contribution in [0.15, 0.2) is 47.4 Å². The highest BCUT2D eigenvalue weighted by molar-refractivity contribution is 7.89. The zero-order valence-electron chi connectivity index (χ0n) is 16.8. The van der Waals surface area contributed by atoms with Gasteiger partial charge >= 0.3 is 5.97 Å². The van der Waals surface area contributed by atoms with Crippen molar-refractivity contribution in [2.45, 2.75) is 37.5 Å². The summed E-state index contributed by atoms with van der Waals surface area (Å²) in [5, 5.41) is 0.0477. The number of carbonyl (C=O) groups is 2. The summed E-state index contributed by atoms with van der Waals surface area (Å²) in [7, 11) is -3.82. The SMILES string of the molecule is Cc1ccc(C(=O)COC(=O)c2ccc(Cl)c(S(=O)(=O)N3CCCCCC3)c2)cc1. The van der Waals surface area contributed by atoms with Crippen LogP contribution >= 0.6 is 11.6 Å². The van der Waals surface area contributed by atoms with E-state index in [2.05, 4.69) is 0 Å². The van der Waals surface area contributed by atoms with Crippen molar-refractivity contribution in [3.05, 3.63) is 64.2 Å². The molecule has 1 aliphatic heterocycles. The fourth-order valence-corrected chi connectivity index (χ4v) is 5.30. The third-order valence-corrected chi connectivity index (χ3v) is 7.44. The van der Waals surface area contributed by atoms with Crippen molar-refractivity contribution < 1.29 is 22.7 Å². The van der Waals surface area contributed by atoms with Crippen LogP contribution < -0.4 is 0 Å². The quantitative estimate of drug-likeness (QED) is 0.486. The van der Waals surface area contributed by atoms with E-state index in [1.807, 2.05) is 6.92 Å². The Morgan fingerprint density at radius 3 is 2.20 bits per heavy atom. The Balaban J connectivity index is 1.74. The predicted molar refractivity (Wildman–Crippen MR) is 114 cm³/mol. The first-order chi connectivity index (χ1) is 14.3. The molecule has 0 aliphatic carbocycles. The van der Waals surface area contributed by atoms with Crippen LogP contribution in [0.25, 0.3) is 0 Å². The Morgan fingerprint density at radius 1 is 0.967 bits per heavy atom. The van der Waals surface area contributed by atoms with Gasteiger partial charge in [0.05, 0.1) is 10.6 Å². The molecule has 8 heteroatoms. The highest BCUT2D eigenvalue weighted by atomic mass is 35.5. The summed E-state index contributed by atoms with van der Waals surface area (Å²) in [6.07, 6.45) is 3.56. The van der Waals surface area contributed by atoms with Gasteiger partial charge in [-0.2, -0.15) is 4.31 Å². The summed E-state index contributed by atoms with van der Waals surface area (Å²) in [5.41, 5.74) is 1.49. The lowest BCUT2D eigenvalue weighted by Crippen LogP contribution is -2.32. The molecular weight excluding hydrogens is 426 g/mol. The van der Waals surface area contributed by atoms with Crippen molar-refractivity contribution in [3.63, 3.8) is 0 Å². The fraction of sp³-hybridized carbons (Fsp3) is 0.364. The van der Waals surface area contributed by atoms with Gasteiger partial charge in [0.15, 0.2) is 12.4 Å². The molecule has 1 saturated heterocycles. The van der Waals surface area contributed by atoms with Crippen molar-refractivity contribution in [2.75, 3.05) is 19.7 Å². The van der Waals surface area contributed by atoms with E-state index in [1.165, 1.54) is 22.5 Å². The summed E-state index contributed by atoms with van der Waals surface area (Å²) in [5.74, 6) is -1.12. The number of hydrogen-bond donors (Lipinski definition) is 0. The molecule has 2 aromatic rings. The van der Waals surface area contributed by atoms with Gasteiger partial charge in [0.25, 0.3) is 0 Å². The van der Waals surface area contributed by atoms with Crippen LogP contribution in [-0.4, -0.2) is 44.2 Å². The lowest BCUT2D eigenvalue weighted by molar-refractivity contribution is 0.0474. The number of esters is 1. The third-order valence-electron chi connectivity index (χ3n) is 5.06. The molecule has 0 N–H and O–H groups in total. The number of ketones is 1. The molecule has 30 heavy (non-hydrogen) atoms. The summed E-state index contributed by atoms with van der Waals surface area (Å²) < 4.78 is 32.6. The molecule has 3 rings (SSSR count). The van der Waals surface area contributed by atoms with Gasteiger partial charge in [-0.15, -0.1) is 0 Å². The summed E-state index contributed by atoms with van der Waals surface area (Å²) in [4.78, 5) is 24.5. The van der Waals surface area contributed by atoms with Crippen LogP contribution in [0.5, 0.6) is 0 Å². The van der Waals surface area contributed by atoms with Gasteiger partial charge in [0.2, 0.25) is 10.0 Å². The van der Waals surface area contributed by atoms with E-state index in [4.69, 9.17) is 16.3 Å². The number of aryl methyl sites for hydroxylation is 1. The summed E-state index contributed by atoms with van der Waals surface area (Å²) >= 11 is 6.15. The number of rotatable bonds is 6. The zero-order valence-corrected chi connectivity index (χ0v) is 18.3. The first-order valence-corrected chi connectivity index (χ1v) is 11.7. The van der Waals surface area contributed by atoms with E-state index in [-0.39, 0.29) is 21.3 Å². The maximum Gasteiger partial charge on any atom is 0.338 e. The van der Waals surface area contributed by atoms with Gasteiger partial charge in [-0.25, -0.2) is 13.2 Å². The number of halogens is 1. The number of Topliss-reactive ketones (excluding diaryl/α,β-unsaturated/α-hetero) is 1. The standard InChI is InChI=1S/C22H24ClNO5S/c1-16-6-8-17(9-7-16)20(25)15-29-22(26)18-10-11-19(23)21(14-18)30(27,28)24-12-4-2-3-5-13-24/h6-11,14H,2-5,12-13,15H2,1H3. The van der Waals surface area contributed by atoms with Crippen molar-refractivity contribution in [1.82, 2.24) is 4.31 Å². The Kier molecular flexibility index (Phi) is 7.28. The van der Waals surface area contributed by atoms with Crippen molar-refractivity contribution in [1.29, 1.82) is 0 Å². The van der Waals surface area contributed by atoms with Crippen LogP contribution in [-0.2, 0) is 14.8 Å². The molecule has 6 nitrogen and oxygen atoms in total. The third kappa shape index (κ3) is 5.28. The first-order valence-electron chi connectivity index (χ1n) is 9.86. The molecule has 0 atom stereocenters. The molecule has 0 spiro atoms. The average molecular weight is 450 g/mol. The number of nitrogens with zero attached hydrogens (tertiary/aromatic N) is 1. The second-order valence-corrected chi connectivity index (χ2v) is 9.64. The Labute approximate surface area is 181 Å². The molecule has 1 fully saturated rings. The molecule has 1 aliphatic rings. The van der Waals surface area contributed by atoms with Crippen LogP contribution in [0.2, 0.25) is 5.02 Å². The largest absolute Gasteiger partial charge is 0.454 e. The highest BCUT2D eigenvalue weighted by Crippen LogP contribution is 2.28. The monoisotopic (exact) mass is 449 g/mol. The van der Waals surface area contributed by atoms with Crippen molar-refractivity contribution in [3.8, 4) is 0 Å². The van der Waals surface area contributed by atoms with Crippen LogP contribution in [0.1, 0.15) is 52.0 Å². The number of sulfonamides is 1. The minimum absolute atomic E-state index is 0.0319. The van der Waals surface area contributed by atoms with Gasteiger partial charge in [0, 0.05) is 18.7 Å². The minimum Gasteiger partial charge on any atom is -0.454 e. The van der Waals surface area contributed by atoms with Crippen molar-refractivity contribution in [2.24, 2.45) is 0 Å². The number of ether oxygens (including phenoxy) is 1. The molecular formula is C22H24ClNO5S. The average Bonchev–Trinajstić information content (AvgIpc) is 3.02. The summed E-state index contributed by atoms with van der Waals surface area (Å²) in [6.45, 7) is 2.33. The lowest BCUT2D eigenvalue weighted by Gasteiger charge is -2.21. The van der Waals surface area contributed by atoms with Gasteiger partial charge in [-0.1, -0.05) is 54.3 Å². The molecule has 0 aromatic heterocycles. The summed E-state index contributed by atoms with van der Waals surface area (Å²) in [6, 6.07) is 10.9. The maximum absolute atomic E-state index is 13.0. The predicted octanol–water partition coefficient (Wildman–Crippen LogP) is 4.25. The van der Waals surface area contributed by atoms with Crippen molar-refractivity contribution >= 4 is 33.4 Å².